The summed E-state index contributed by atoms with van der Waals surface area (Å²) in [5.41, 5.74) is 2.45. The molecule has 0 saturated carbocycles. The van der Waals surface area contributed by atoms with Crippen LogP contribution < -0.4 is 5.32 Å². The highest BCUT2D eigenvalue weighted by atomic mass is 32.2. The van der Waals surface area contributed by atoms with Crippen molar-refractivity contribution in [1.29, 1.82) is 0 Å². The molecule has 0 radical (unpaired) electrons. The first-order valence-corrected chi connectivity index (χ1v) is 8.21. The van der Waals surface area contributed by atoms with Gasteiger partial charge in [0.15, 0.2) is 0 Å². The molecule has 1 unspecified atom stereocenters. The number of nitrogens with one attached hydrogen (secondary N) is 1. The second kappa shape index (κ2) is 5.42. The van der Waals surface area contributed by atoms with E-state index in [-0.39, 0.29) is 6.04 Å². The van der Waals surface area contributed by atoms with Gasteiger partial charge in [0.2, 0.25) is 0 Å². The van der Waals surface area contributed by atoms with Gasteiger partial charge in [-0.25, -0.2) is 0 Å². The normalized spacial score (nSPS) is 17.1. The maximum Gasteiger partial charge on any atom is 0.283 e. The number of hydrogen-bond acceptors (Lipinski definition) is 3. The Kier molecular flexibility index (Phi) is 3.61. The molecule has 108 valence electrons. The molecule has 21 heavy (non-hydrogen) atoms. The fourth-order valence-corrected chi connectivity index (χ4v) is 3.86. The summed E-state index contributed by atoms with van der Waals surface area (Å²) in [6, 6.07) is 17.0. The summed E-state index contributed by atoms with van der Waals surface area (Å²) in [5.74, 6) is 0. The highest BCUT2D eigenvalue weighted by molar-refractivity contribution is 7.90. The van der Waals surface area contributed by atoms with E-state index in [9.17, 15) is 8.42 Å². The van der Waals surface area contributed by atoms with E-state index in [0.29, 0.717) is 22.6 Å². The molecule has 3 rings (SSSR count). The predicted octanol–water partition coefficient (Wildman–Crippen LogP) is 2.53. The number of hydrogen-bond donors (Lipinski definition) is 1. The molecule has 0 saturated heterocycles. The molecule has 2 aromatic carbocycles. The molecule has 1 aliphatic heterocycles. The number of rotatable bonds is 4. The first-order chi connectivity index (χ1) is 10.1. The summed E-state index contributed by atoms with van der Waals surface area (Å²) >= 11 is 0. The predicted molar refractivity (Wildman–Crippen MR) is 83.0 cm³/mol. The molecule has 1 N–H and O–H groups in total. The zero-order valence-electron chi connectivity index (χ0n) is 11.7. The van der Waals surface area contributed by atoms with Crippen LogP contribution in [0.1, 0.15) is 23.6 Å². The van der Waals surface area contributed by atoms with Gasteiger partial charge in [-0.3, -0.25) is 0 Å². The number of benzene rings is 2. The molecule has 0 fully saturated rings. The highest BCUT2D eigenvalue weighted by Crippen LogP contribution is 2.30. The molecule has 5 heteroatoms. The highest BCUT2D eigenvalue weighted by Gasteiger charge is 2.29. The third kappa shape index (κ3) is 2.62. The van der Waals surface area contributed by atoms with Gasteiger partial charge in [0, 0.05) is 18.0 Å². The number of sulfonamides is 1. The van der Waals surface area contributed by atoms with Gasteiger partial charge in [0.05, 0.1) is 10.6 Å². The largest absolute Gasteiger partial charge is 0.313 e. The van der Waals surface area contributed by atoms with Crippen LogP contribution in [0.4, 0.5) is 0 Å². The topological polar surface area (TPSA) is 58.5 Å². The summed E-state index contributed by atoms with van der Waals surface area (Å²) in [6.07, 6.45) is 0.538. The molecule has 0 amide bonds. The van der Waals surface area contributed by atoms with E-state index in [1.165, 1.54) is 0 Å². The second-order valence-corrected chi connectivity index (χ2v) is 6.54. The van der Waals surface area contributed by atoms with E-state index in [0.717, 1.165) is 5.56 Å². The minimum Gasteiger partial charge on any atom is -0.313 e. The molecule has 0 aromatic heterocycles. The zero-order chi connectivity index (χ0) is 14.9. The molecule has 1 atom stereocenters. The molecule has 4 nitrogen and oxygen atoms in total. The van der Waals surface area contributed by atoms with E-state index in [1.807, 2.05) is 49.5 Å². The minimum absolute atomic E-state index is 0.0336. The zero-order valence-corrected chi connectivity index (χ0v) is 12.5. The summed E-state index contributed by atoms with van der Waals surface area (Å²) in [4.78, 5) is 0.308. The summed E-state index contributed by atoms with van der Waals surface area (Å²) in [7, 11) is -1.66. The van der Waals surface area contributed by atoms with Crippen LogP contribution in [0, 0.1) is 0 Å². The molecule has 2 aromatic rings. The molecule has 0 spiro atoms. The fraction of sp³-hybridized carbons (Fsp3) is 0.188. The van der Waals surface area contributed by atoms with Crippen molar-refractivity contribution >= 4 is 15.7 Å². The van der Waals surface area contributed by atoms with Crippen molar-refractivity contribution in [3.8, 4) is 0 Å². The number of fused-ring (bicyclic) bond motifs is 1. The Morgan fingerprint density at radius 1 is 1.05 bits per heavy atom. The fourth-order valence-electron chi connectivity index (χ4n) is 2.59. The van der Waals surface area contributed by atoms with E-state index in [4.69, 9.17) is 0 Å². The van der Waals surface area contributed by atoms with Crippen LogP contribution in [0.25, 0.3) is 0 Å². The van der Waals surface area contributed by atoms with E-state index in [1.54, 1.807) is 12.1 Å². The molecule has 1 heterocycles. The lowest BCUT2D eigenvalue weighted by Crippen LogP contribution is -2.20. The van der Waals surface area contributed by atoms with E-state index < -0.39 is 10.0 Å². The second-order valence-electron chi connectivity index (χ2n) is 4.97. The van der Waals surface area contributed by atoms with Gasteiger partial charge in [-0.1, -0.05) is 48.5 Å². The smallest absolute Gasteiger partial charge is 0.283 e. The van der Waals surface area contributed by atoms with E-state index in [2.05, 4.69) is 9.71 Å². The van der Waals surface area contributed by atoms with Crippen molar-refractivity contribution in [1.82, 2.24) is 5.32 Å². The average molecular weight is 300 g/mol. The Morgan fingerprint density at radius 3 is 2.43 bits per heavy atom. The maximum atomic E-state index is 12.1. The number of nitrogens with zero attached hydrogens (tertiary/aromatic N) is 1. The molecular formula is C16H16N2O2S. The van der Waals surface area contributed by atoms with Gasteiger partial charge in [-0.05, 0) is 18.7 Å². The molecule has 0 aliphatic carbocycles. The van der Waals surface area contributed by atoms with Crippen molar-refractivity contribution in [2.75, 3.05) is 7.05 Å². The van der Waals surface area contributed by atoms with Crippen molar-refractivity contribution in [3.63, 3.8) is 0 Å². The van der Waals surface area contributed by atoms with Crippen LogP contribution in [0.5, 0.6) is 0 Å². The van der Waals surface area contributed by atoms with Crippen LogP contribution in [0.2, 0.25) is 0 Å². The van der Waals surface area contributed by atoms with Crippen LogP contribution in [-0.2, 0) is 10.0 Å². The summed E-state index contributed by atoms with van der Waals surface area (Å²) in [6.45, 7) is 0. The lowest BCUT2D eigenvalue weighted by atomic mass is 9.97. The van der Waals surface area contributed by atoms with Crippen LogP contribution in [-0.4, -0.2) is 21.2 Å². The third-order valence-electron chi connectivity index (χ3n) is 3.65. The summed E-state index contributed by atoms with van der Waals surface area (Å²) < 4.78 is 28.1. The molecule has 0 bridgehead atoms. The summed E-state index contributed by atoms with van der Waals surface area (Å²) in [5, 5.41) is 3.23. The van der Waals surface area contributed by atoms with Crippen molar-refractivity contribution in [2.45, 2.75) is 17.4 Å². The van der Waals surface area contributed by atoms with Gasteiger partial charge in [-0.2, -0.15) is 12.8 Å². The van der Waals surface area contributed by atoms with Crippen molar-refractivity contribution in [2.24, 2.45) is 4.40 Å². The van der Waals surface area contributed by atoms with Gasteiger partial charge >= 0.3 is 0 Å². The average Bonchev–Trinajstić information content (AvgIpc) is 2.77. The lowest BCUT2D eigenvalue weighted by Gasteiger charge is -2.16. The van der Waals surface area contributed by atoms with Crippen LogP contribution in [0.15, 0.2) is 63.9 Å². The third-order valence-corrected chi connectivity index (χ3v) is 5.03. The lowest BCUT2D eigenvalue weighted by molar-refractivity contribution is 0.599. The monoisotopic (exact) mass is 300 g/mol. The molecule has 1 aliphatic rings. The Bertz CT molecular complexity index is 783. The maximum absolute atomic E-state index is 12.1. The minimum atomic E-state index is -3.53. The quantitative estimate of drug-likeness (QED) is 0.944. The Labute approximate surface area is 124 Å². The van der Waals surface area contributed by atoms with Gasteiger partial charge in [0.25, 0.3) is 10.0 Å². The van der Waals surface area contributed by atoms with Crippen molar-refractivity contribution in [3.05, 3.63) is 65.7 Å². The Hall–Kier alpha value is -1.98. The van der Waals surface area contributed by atoms with Crippen LogP contribution >= 0.6 is 0 Å². The van der Waals surface area contributed by atoms with Gasteiger partial charge < -0.3 is 5.32 Å². The van der Waals surface area contributed by atoms with Gasteiger partial charge in [0.1, 0.15) is 0 Å². The first-order valence-electron chi connectivity index (χ1n) is 6.77. The Balaban J connectivity index is 1.96. The van der Waals surface area contributed by atoms with E-state index >= 15 is 0 Å². The molecular weight excluding hydrogens is 284 g/mol. The van der Waals surface area contributed by atoms with Gasteiger partial charge in [-0.15, -0.1) is 0 Å². The van der Waals surface area contributed by atoms with Crippen molar-refractivity contribution < 1.29 is 8.42 Å². The van der Waals surface area contributed by atoms with Crippen LogP contribution in [0.3, 0.4) is 0 Å². The SMILES string of the molecule is CNC(CC1=NS(=O)(=O)c2ccccc21)c1ccccc1. The standard InChI is InChI=1S/C16H16N2O2S/c1-17-14(12-7-3-2-4-8-12)11-15-13-9-5-6-10-16(13)21(19,20)18-15/h2-10,14,17H,11H2,1H3. The first kappa shape index (κ1) is 14.0. The Morgan fingerprint density at radius 2 is 1.71 bits per heavy atom.